The van der Waals surface area contributed by atoms with Gasteiger partial charge in [0.1, 0.15) is 0 Å². The molecule has 0 saturated carbocycles. The third-order valence-corrected chi connectivity index (χ3v) is 4.09. The molecule has 1 aliphatic rings. The van der Waals surface area contributed by atoms with Crippen molar-refractivity contribution >= 4 is 23.2 Å². The maximum Gasteiger partial charge on any atom is 0.256 e. The SMILES string of the molecule is CNc1ccc(Cl)cc1C(=O)N1CC(C)CCC1C. The maximum absolute atomic E-state index is 12.7. The monoisotopic (exact) mass is 280 g/mol. The van der Waals surface area contributed by atoms with Gasteiger partial charge in [0.05, 0.1) is 5.56 Å². The highest BCUT2D eigenvalue weighted by Crippen LogP contribution is 2.27. The van der Waals surface area contributed by atoms with Gasteiger partial charge in [-0.15, -0.1) is 0 Å². The molecule has 0 bridgehead atoms. The van der Waals surface area contributed by atoms with E-state index in [0.717, 1.165) is 18.7 Å². The Kier molecular flexibility index (Phi) is 4.35. The highest BCUT2D eigenvalue weighted by molar-refractivity contribution is 6.31. The van der Waals surface area contributed by atoms with E-state index in [1.807, 2.05) is 18.0 Å². The van der Waals surface area contributed by atoms with Crippen LogP contribution < -0.4 is 5.32 Å². The first kappa shape index (κ1) is 14.2. The van der Waals surface area contributed by atoms with Gasteiger partial charge >= 0.3 is 0 Å². The molecular weight excluding hydrogens is 260 g/mol. The van der Waals surface area contributed by atoms with E-state index in [0.29, 0.717) is 22.5 Å². The predicted octanol–water partition coefficient (Wildman–Crippen LogP) is 3.64. The van der Waals surface area contributed by atoms with Crippen molar-refractivity contribution < 1.29 is 4.79 Å². The minimum absolute atomic E-state index is 0.0749. The van der Waals surface area contributed by atoms with Gasteiger partial charge in [-0.2, -0.15) is 0 Å². The van der Waals surface area contributed by atoms with E-state index in [-0.39, 0.29) is 5.91 Å². The summed E-state index contributed by atoms with van der Waals surface area (Å²) in [6, 6.07) is 5.70. The first-order valence-electron chi connectivity index (χ1n) is 6.81. The lowest BCUT2D eigenvalue weighted by Crippen LogP contribution is -2.45. The minimum atomic E-state index is 0.0749. The highest BCUT2D eigenvalue weighted by atomic mass is 35.5. The van der Waals surface area contributed by atoms with Gasteiger partial charge in [-0.3, -0.25) is 4.79 Å². The molecule has 19 heavy (non-hydrogen) atoms. The van der Waals surface area contributed by atoms with Crippen LogP contribution in [0.3, 0.4) is 0 Å². The minimum Gasteiger partial charge on any atom is -0.387 e. The number of anilines is 1. The second-order valence-corrected chi connectivity index (χ2v) is 5.87. The normalized spacial score (nSPS) is 23.3. The third-order valence-electron chi connectivity index (χ3n) is 3.86. The van der Waals surface area contributed by atoms with Crippen LogP contribution in [-0.4, -0.2) is 30.4 Å². The fourth-order valence-electron chi connectivity index (χ4n) is 2.64. The van der Waals surface area contributed by atoms with Crippen LogP contribution in [0.2, 0.25) is 5.02 Å². The Morgan fingerprint density at radius 3 is 2.79 bits per heavy atom. The Hall–Kier alpha value is -1.22. The predicted molar refractivity (Wildman–Crippen MR) is 79.9 cm³/mol. The van der Waals surface area contributed by atoms with Crippen LogP contribution in [0.5, 0.6) is 0 Å². The summed E-state index contributed by atoms with van der Waals surface area (Å²) in [7, 11) is 1.82. The summed E-state index contributed by atoms with van der Waals surface area (Å²) in [6.45, 7) is 5.14. The number of halogens is 1. The number of rotatable bonds is 2. The Labute approximate surface area is 119 Å². The van der Waals surface area contributed by atoms with E-state index >= 15 is 0 Å². The number of nitrogens with one attached hydrogen (secondary N) is 1. The van der Waals surface area contributed by atoms with Crippen LogP contribution in [0.4, 0.5) is 5.69 Å². The van der Waals surface area contributed by atoms with Crippen LogP contribution in [0.25, 0.3) is 0 Å². The Bertz CT molecular complexity index is 475. The van der Waals surface area contributed by atoms with Gasteiger partial charge in [0.25, 0.3) is 5.91 Å². The molecule has 1 N–H and O–H groups in total. The molecule has 2 unspecified atom stereocenters. The molecule has 1 saturated heterocycles. The summed E-state index contributed by atoms with van der Waals surface area (Å²) in [5, 5.41) is 3.66. The standard InChI is InChI=1S/C15H21ClN2O/c1-10-4-5-11(2)18(9-10)15(19)13-8-12(16)6-7-14(13)17-3/h6-8,10-11,17H,4-5,9H2,1-3H3. The molecule has 1 amide bonds. The van der Waals surface area contributed by atoms with Crippen molar-refractivity contribution in [3.63, 3.8) is 0 Å². The molecule has 0 aromatic heterocycles. The summed E-state index contributed by atoms with van der Waals surface area (Å²) in [5.74, 6) is 0.642. The van der Waals surface area contributed by atoms with E-state index in [4.69, 9.17) is 11.6 Å². The Balaban J connectivity index is 2.30. The fraction of sp³-hybridized carbons (Fsp3) is 0.533. The zero-order valence-corrected chi connectivity index (χ0v) is 12.5. The summed E-state index contributed by atoms with van der Waals surface area (Å²) in [4.78, 5) is 14.7. The number of piperidine rings is 1. The van der Waals surface area contributed by atoms with Gasteiger partial charge in [-0.1, -0.05) is 18.5 Å². The molecule has 1 aromatic carbocycles. The summed E-state index contributed by atoms with van der Waals surface area (Å²) in [5.41, 5.74) is 1.50. The maximum atomic E-state index is 12.7. The first-order chi connectivity index (χ1) is 9.02. The summed E-state index contributed by atoms with van der Waals surface area (Å²) >= 11 is 6.02. The van der Waals surface area contributed by atoms with Crippen molar-refractivity contribution in [2.24, 2.45) is 5.92 Å². The van der Waals surface area contributed by atoms with E-state index in [1.165, 1.54) is 6.42 Å². The average Bonchev–Trinajstić information content (AvgIpc) is 2.40. The van der Waals surface area contributed by atoms with Crippen LogP contribution in [0, 0.1) is 5.92 Å². The number of hydrogen-bond donors (Lipinski definition) is 1. The molecule has 0 radical (unpaired) electrons. The number of benzene rings is 1. The molecule has 1 aliphatic heterocycles. The highest BCUT2D eigenvalue weighted by Gasteiger charge is 2.28. The molecule has 0 aliphatic carbocycles. The van der Waals surface area contributed by atoms with Gasteiger partial charge in [0.15, 0.2) is 0 Å². The van der Waals surface area contributed by atoms with Gasteiger partial charge in [-0.25, -0.2) is 0 Å². The molecular formula is C15H21ClN2O. The molecule has 104 valence electrons. The second kappa shape index (κ2) is 5.83. The van der Waals surface area contributed by atoms with E-state index < -0.39 is 0 Å². The molecule has 1 aromatic rings. The van der Waals surface area contributed by atoms with Crippen molar-refractivity contribution in [1.29, 1.82) is 0 Å². The van der Waals surface area contributed by atoms with Gasteiger partial charge < -0.3 is 10.2 Å². The number of hydrogen-bond acceptors (Lipinski definition) is 2. The number of likely N-dealkylation sites (tertiary alicyclic amines) is 1. The van der Waals surface area contributed by atoms with Crippen molar-refractivity contribution in [3.05, 3.63) is 28.8 Å². The smallest absolute Gasteiger partial charge is 0.256 e. The van der Waals surface area contributed by atoms with Crippen LogP contribution >= 0.6 is 11.6 Å². The number of carbonyl (C=O) groups is 1. The van der Waals surface area contributed by atoms with Crippen molar-refractivity contribution in [1.82, 2.24) is 4.90 Å². The zero-order valence-electron chi connectivity index (χ0n) is 11.7. The molecule has 1 fully saturated rings. The lowest BCUT2D eigenvalue weighted by molar-refractivity contribution is 0.0575. The first-order valence-corrected chi connectivity index (χ1v) is 7.19. The van der Waals surface area contributed by atoms with Crippen molar-refractivity contribution in [2.75, 3.05) is 18.9 Å². The largest absolute Gasteiger partial charge is 0.387 e. The average molecular weight is 281 g/mol. The molecule has 0 spiro atoms. The molecule has 1 heterocycles. The van der Waals surface area contributed by atoms with Gasteiger partial charge in [0.2, 0.25) is 0 Å². The Morgan fingerprint density at radius 1 is 1.37 bits per heavy atom. The fourth-order valence-corrected chi connectivity index (χ4v) is 2.81. The third kappa shape index (κ3) is 3.03. The quantitative estimate of drug-likeness (QED) is 0.897. The Morgan fingerprint density at radius 2 is 2.11 bits per heavy atom. The van der Waals surface area contributed by atoms with Crippen LogP contribution in [-0.2, 0) is 0 Å². The number of amides is 1. The number of carbonyl (C=O) groups excluding carboxylic acids is 1. The van der Waals surface area contributed by atoms with Crippen LogP contribution in [0.1, 0.15) is 37.0 Å². The summed E-state index contributed by atoms with van der Waals surface area (Å²) < 4.78 is 0. The van der Waals surface area contributed by atoms with E-state index in [2.05, 4.69) is 19.2 Å². The van der Waals surface area contributed by atoms with Gasteiger partial charge in [0, 0.05) is 30.3 Å². The van der Waals surface area contributed by atoms with Crippen molar-refractivity contribution in [3.8, 4) is 0 Å². The zero-order chi connectivity index (χ0) is 14.0. The van der Waals surface area contributed by atoms with Gasteiger partial charge in [-0.05, 0) is 43.9 Å². The van der Waals surface area contributed by atoms with Crippen LogP contribution in [0.15, 0.2) is 18.2 Å². The lowest BCUT2D eigenvalue weighted by atomic mass is 9.94. The topological polar surface area (TPSA) is 32.3 Å². The van der Waals surface area contributed by atoms with Crippen molar-refractivity contribution in [2.45, 2.75) is 32.7 Å². The molecule has 4 heteroatoms. The molecule has 3 nitrogen and oxygen atoms in total. The summed E-state index contributed by atoms with van der Waals surface area (Å²) in [6.07, 6.45) is 2.27. The number of nitrogens with zero attached hydrogens (tertiary/aromatic N) is 1. The lowest BCUT2D eigenvalue weighted by Gasteiger charge is -2.37. The second-order valence-electron chi connectivity index (χ2n) is 5.43. The molecule has 2 rings (SSSR count). The molecule has 2 atom stereocenters. The van der Waals surface area contributed by atoms with E-state index in [9.17, 15) is 4.79 Å². The van der Waals surface area contributed by atoms with E-state index in [1.54, 1.807) is 12.1 Å².